The lowest BCUT2D eigenvalue weighted by atomic mass is 10.2. The minimum absolute atomic E-state index is 0.0868. The molecule has 1 aromatic rings. The first-order valence-corrected chi connectivity index (χ1v) is 4.03. The molecule has 0 atom stereocenters. The van der Waals surface area contributed by atoms with E-state index in [-0.39, 0.29) is 22.0 Å². The van der Waals surface area contributed by atoms with Crippen LogP contribution in [-0.4, -0.2) is 12.0 Å². The molecule has 4 nitrogen and oxygen atoms in total. The molecule has 0 aliphatic heterocycles. The third-order valence-corrected chi connectivity index (χ3v) is 2.07. The largest absolute Gasteiger partial charge is 0.492 e. The zero-order chi connectivity index (χ0) is 10.9. The summed E-state index contributed by atoms with van der Waals surface area (Å²) in [5.74, 6) is -0.971. The molecule has 0 unspecified atom stereocenters. The summed E-state index contributed by atoms with van der Waals surface area (Å²) < 4.78 is 18.0. The van der Waals surface area contributed by atoms with E-state index in [1.54, 1.807) is 0 Å². The number of hydrogen-bond acceptors (Lipinski definition) is 3. The normalized spacial score (nSPS) is 10.0. The van der Waals surface area contributed by atoms with Crippen molar-refractivity contribution in [3.8, 4) is 5.75 Å². The van der Waals surface area contributed by atoms with Gasteiger partial charge in [0.1, 0.15) is 0 Å². The quantitative estimate of drug-likeness (QED) is 0.568. The first-order valence-electron chi connectivity index (χ1n) is 3.66. The van der Waals surface area contributed by atoms with Gasteiger partial charge in [0.15, 0.2) is 11.6 Å². The van der Waals surface area contributed by atoms with Gasteiger partial charge in [-0.2, -0.15) is 0 Å². The molecule has 0 N–H and O–H groups in total. The lowest BCUT2D eigenvalue weighted by molar-refractivity contribution is -0.385. The summed E-state index contributed by atoms with van der Waals surface area (Å²) in [6.45, 7) is 1.30. The van der Waals surface area contributed by atoms with Crippen LogP contribution < -0.4 is 4.74 Å². The van der Waals surface area contributed by atoms with Crippen LogP contribution in [0.15, 0.2) is 6.07 Å². The molecule has 76 valence electrons. The highest BCUT2D eigenvalue weighted by atomic mass is 35.5. The van der Waals surface area contributed by atoms with Crippen LogP contribution in [0.25, 0.3) is 0 Å². The molecule has 0 aliphatic rings. The molecule has 0 saturated carbocycles. The Kier molecular flexibility index (Phi) is 2.90. The molecule has 0 fully saturated rings. The molecular formula is C8H7ClFNO3. The fraction of sp³-hybridized carbons (Fsp3) is 0.250. The van der Waals surface area contributed by atoms with E-state index in [1.165, 1.54) is 14.0 Å². The highest BCUT2D eigenvalue weighted by molar-refractivity contribution is 6.32. The minimum atomic E-state index is -0.799. The highest BCUT2D eigenvalue weighted by Gasteiger charge is 2.21. The van der Waals surface area contributed by atoms with Crippen LogP contribution in [0.1, 0.15) is 5.56 Å². The maximum absolute atomic E-state index is 13.4. The van der Waals surface area contributed by atoms with Gasteiger partial charge in [-0.1, -0.05) is 11.6 Å². The Labute approximate surface area is 84.4 Å². The number of hydrogen-bond donors (Lipinski definition) is 0. The molecule has 1 aromatic carbocycles. The van der Waals surface area contributed by atoms with Crippen molar-refractivity contribution in [2.75, 3.05) is 7.11 Å². The molecule has 0 aromatic heterocycles. The van der Waals surface area contributed by atoms with Gasteiger partial charge >= 0.3 is 0 Å². The molecule has 6 heteroatoms. The summed E-state index contributed by atoms with van der Waals surface area (Å²) in [6.07, 6.45) is 0. The van der Waals surface area contributed by atoms with Crippen LogP contribution in [-0.2, 0) is 0 Å². The topological polar surface area (TPSA) is 52.4 Å². The van der Waals surface area contributed by atoms with Crippen molar-refractivity contribution in [1.82, 2.24) is 0 Å². The lowest BCUT2D eigenvalue weighted by Crippen LogP contribution is -1.98. The van der Waals surface area contributed by atoms with E-state index < -0.39 is 10.7 Å². The van der Waals surface area contributed by atoms with Crippen LogP contribution in [0, 0.1) is 22.9 Å². The molecule has 0 heterocycles. The summed E-state index contributed by atoms with van der Waals surface area (Å²) in [4.78, 5) is 9.77. The van der Waals surface area contributed by atoms with Crippen molar-refractivity contribution in [2.45, 2.75) is 6.92 Å². The Morgan fingerprint density at radius 1 is 1.64 bits per heavy atom. The Hall–Kier alpha value is -1.36. The molecule has 1 rings (SSSR count). The molecule has 0 saturated heterocycles. The van der Waals surface area contributed by atoms with Crippen molar-refractivity contribution in [3.05, 3.63) is 32.6 Å². The molecule has 0 bridgehead atoms. The molecule has 0 spiro atoms. The van der Waals surface area contributed by atoms with Gasteiger partial charge in [-0.05, 0) is 6.92 Å². The Morgan fingerprint density at radius 3 is 2.64 bits per heavy atom. The predicted octanol–water partition coefficient (Wildman–Crippen LogP) is 2.70. The fourth-order valence-corrected chi connectivity index (χ4v) is 1.32. The number of nitro groups is 1. The third-order valence-electron chi connectivity index (χ3n) is 1.79. The number of rotatable bonds is 2. The second-order valence-corrected chi connectivity index (χ2v) is 3.01. The van der Waals surface area contributed by atoms with E-state index >= 15 is 0 Å². The summed E-state index contributed by atoms with van der Waals surface area (Å²) in [7, 11) is 1.25. The van der Waals surface area contributed by atoms with E-state index in [2.05, 4.69) is 4.74 Å². The van der Waals surface area contributed by atoms with E-state index in [1.807, 2.05) is 0 Å². The van der Waals surface area contributed by atoms with Crippen LogP contribution in [0.2, 0.25) is 5.02 Å². The lowest BCUT2D eigenvalue weighted by Gasteiger charge is -2.06. The van der Waals surface area contributed by atoms with Crippen molar-refractivity contribution < 1.29 is 14.1 Å². The average Bonchev–Trinajstić information content (AvgIpc) is 2.12. The maximum atomic E-state index is 13.4. The SMILES string of the molecule is COc1c(Cl)cc([N+](=O)[O-])c(C)c1F. The van der Waals surface area contributed by atoms with Crippen LogP contribution in [0.3, 0.4) is 0 Å². The number of nitro benzene ring substituents is 1. The van der Waals surface area contributed by atoms with Crippen LogP contribution in [0.5, 0.6) is 5.75 Å². The van der Waals surface area contributed by atoms with Crippen LogP contribution in [0.4, 0.5) is 10.1 Å². The molecule has 14 heavy (non-hydrogen) atoms. The van der Waals surface area contributed by atoms with Gasteiger partial charge in [-0.15, -0.1) is 0 Å². The number of benzene rings is 1. The number of ether oxygens (including phenoxy) is 1. The van der Waals surface area contributed by atoms with Gasteiger partial charge in [0.2, 0.25) is 0 Å². The van der Waals surface area contributed by atoms with E-state index in [9.17, 15) is 14.5 Å². The number of nitrogens with zero attached hydrogens (tertiary/aromatic N) is 1. The number of methoxy groups -OCH3 is 1. The summed E-state index contributed by atoms with van der Waals surface area (Å²) in [5.41, 5.74) is -0.440. The van der Waals surface area contributed by atoms with Gasteiger partial charge in [0.25, 0.3) is 5.69 Å². The van der Waals surface area contributed by atoms with Crippen molar-refractivity contribution in [1.29, 1.82) is 0 Å². The summed E-state index contributed by atoms with van der Waals surface area (Å²) in [5, 5.41) is 10.4. The van der Waals surface area contributed by atoms with Crippen LogP contribution >= 0.6 is 11.6 Å². The molecule has 0 aliphatic carbocycles. The summed E-state index contributed by atoms with van der Waals surface area (Å²) >= 11 is 5.58. The summed E-state index contributed by atoms with van der Waals surface area (Å²) in [6, 6.07) is 1.07. The zero-order valence-corrected chi connectivity index (χ0v) is 8.26. The van der Waals surface area contributed by atoms with Gasteiger partial charge in [0.05, 0.1) is 22.6 Å². The maximum Gasteiger partial charge on any atom is 0.277 e. The van der Waals surface area contributed by atoms with Gasteiger partial charge in [-0.25, -0.2) is 4.39 Å². The van der Waals surface area contributed by atoms with E-state index in [0.29, 0.717) is 0 Å². The Morgan fingerprint density at radius 2 is 2.21 bits per heavy atom. The predicted molar refractivity (Wildman–Crippen MR) is 49.4 cm³/mol. The number of halogens is 2. The fourth-order valence-electron chi connectivity index (χ4n) is 1.06. The standard InChI is InChI=1S/C8H7ClFNO3/c1-4-6(11(12)13)3-5(9)8(14-2)7(4)10/h3H,1-2H3. The molecule has 0 radical (unpaired) electrons. The highest BCUT2D eigenvalue weighted by Crippen LogP contribution is 2.35. The molecular weight excluding hydrogens is 213 g/mol. The van der Waals surface area contributed by atoms with Crippen molar-refractivity contribution >= 4 is 17.3 Å². The first-order chi connectivity index (χ1) is 6.49. The first kappa shape index (κ1) is 10.7. The average molecular weight is 220 g/mol. The van der Waals surface area contributed by atoms with E-state index in [4.69, 9.17) is 11.6 Å². The second kappa shape index (κ2) is 3.79. The minimum Gasteiger partial charge on any atom is -0.492 e. The monoisotopic (exact) mass is 219 g/mol. The van der Waals surface area contributed by atoms with E-state index in [0.717, 1.165) is 6.07 Å². The van der Waals surface area contributed by atoms with Crippen molar-refractivity contribution in [2.24, 2.45) is 0 Å². The second-order valence-electron chi connectivity index (χ2n) is 2.61. The zero-order valence-electron chi connectivity index (χ0n) is 7.51. The van der Waals surface area contributed by atoms with Crippen molar-refractivity contribution in [3.63, 3.8) is 0 Å². The molecule has 0 amide bonds. The van der Waals surface area contributed by atoms with Gasteiger partial charge in [0, 0.05) is 6.07 Å². The Bertz CT molecular complexity index is 395. The smallest absolute Gasteiger partial charge is 0.277 e. The Balaban J connectivity index is 3.47. The van der Waals surface area contributed by atoms with Gasteiger partial charge in [-0.3, -0.25) is 10.1 Å². The van der Waals surface area contributed by atoms with Gasteiger partial charge < -0.3 is 4.74 Å². The third kappa shape index (κ3) is 1.63.